The number of aromatic hydroxyl groups is 1. The van der Waals surface area contributed by atoms with E-state index in [4.69, 9.17) is 0 Å². The van der Waals surface area contributed by atoms with Crippen molar-refractivity contribution in [1.29, 1.82) is 0 Å². The van der Waals surface area contributed by atoms with E-state index in [0.29, 0.717) is 28.8 Å². The van der Waals surface area contributed by atoms with Crippen LogP contribution in [-0.2, 0) is 13.6 Å². The summed E-state index contributed by atoms with van der Waals surface area (Å²) in [5, 5.41) is 18.3. The fourth-order valence-corrected chi connectivity index (χ4v) is 3.84. The van der Waals surface area contributed by atoms with Gasteiger partial charge < -0.3 is 5.11 Å². The Hall–Kier alpha value is -2.85. The third-order valence-corrected chi connectivity index (χ3v) is 5.37. The number of hydrogen-bond donors (Lipinski definition) is 1. The van der Waals surface area contributed by atoms with Gasteiger partial charge in [0.2, 0.25) is 11.6 Å². The highest BCUT2D eigenvalue weighted by molar-refractivity contribution is 7.99. The van der Waals surface area contributed by atoms with Crippen LogP contribution >= 0.6 is 24.2 Å². The average Bonchev–Trinajstić information content (AvgIpc) is 3.20. The molecule has 0 aliphatic carbocycles. The Morgan fingerprint density at radius 3 is 2.50 bits per heavy atom. The molecule has 2 aromatic heterocycles. The first-order valence-corrected chi connectivity index (χ1v) is 9.20. The molecule has 3 heterocycles. The minimum atomic E-state index is -0.485. The second kappa shape index (κ2) is 7.64. The standard InChI is InChI=1S/C17H16N6O3S.ClH/c1-10-12(16(26)23(21(10)2)11-6-4-3-5-7-11)19-20-13-14(24)18-17-22(15(13)25)8-9-27-17;/h3-7,24H,8-9H2,1-2H3;1H. The number of hydrogen-bond acceptors (Lipinski definition) is 7. The summed E-state index contributed by atoms with van der Waals surface area (Å²) in [5.74, 6) is 0.225. The van der Waals surface area contributed by atoms with Gasteiger partial charge in [-0.25, -0.2) is 4.68 Å². The van der Waals surface area contributed by atoms with Gasteiger partial charge in [-0.3, -0.25) is 18.8 Å². The van der Waals surface area contributed by atoms with Gasteiger partial charge in [-0.15, -0.1) is 22.6 Å². The molecule has 1 aliphatic heterocycles. The number of benzene rings is 1. The number of fused-ring (bicyclic) bond motifs is 1. The summed E-state index contributed by atoms with van der Waals surface area (Å²) in [7, 11) is 1.74. The molecule has 28 heavy (non-hydrogen) atoms. The van der Waals surface area contributed by atoms with E-state index in [1.165, 1.54) is 21.0 Å². The molecule has 1 N–H and O–H groups in total. The molecular formula is C17H17ClN6O3S. The van der Waals surface area contributed by atoms with Crippen LogP contribution in [0, 0.1) is 6.92 Å². The summed E-state index contributed by atoms with van der Waals surface area (Å²) >= 11 is 1.39. The number of para-hydroxylation sites is 1. The molecule has 0 fully saturated rings. The normalized spacial score (nSPS) is 12.9. The molecule has 146 valence electrons. The Labute approximate surface area is 169 Å². The third kappa shape index (κ3) is 3.14. The molecule has 0 radical (unpaired) electrons. The summed E-state index contributed by atoms with van der Waals surface area (Å²) in [4.78, 5) is 29.3. The molecule has 11 heteroatoms. The Kier molecular flexibility index (Phi) is 5.43. The molecule has 0 atom stereocenters. The minimum Gasteiger partial charge on any atom is -0.491 e. The van der Waals surface area contributed by atoms with Crippen molar-refractivity contribution in [3.05, 3.63) is 56.7 Å². The van der Waals surface area contributed by atoms with Crippen LogP contribution < -0.4 is 11.1 Å². The predicted molar refractivity (Wildman–Crippen MR) is 108 cm³/mol. The quantitative estimate of drug-likeness (QED) is 0.517. The van der Waals surface area contributed by atoms with Gasteiger partial charge in [-0.2, -0.15) is 4.98 Å². The van der Waals surface area contributed by atoms with Crippen molar-refractivity contribution in [3.63, 3.8) is 0 Å². The van der Waals surface area contributed by atoms with Gasteiger partial charge in [0, 0.05) is 19.3 Å². The topological polar surface area (TPSA) is 107 Å². The molecule has 3 aromatic rings. The second-order valence-corrected chi connectivity index (χ2v) is 7.04. The Morgan fingerprint density at radius 2 is 1.79 bits per heavy atom. The maximum Gasteiger partial charge on any atom is 0.299 e. The van der Waals surface area contributed by atoms with Crippen LogP contribution in [0.2, 0.25) is 0 Å². The van der Waals surface area contributed by atoms with Gasteiger partial charge in [0.05, 0.1) is 11.4 Å². The van der Waals surface area contributed by atoms with E-state index in [2.05, 4.69) is 15.2 Å². The lowest BCUT2D eigenvalue weighted by atomic mass is 10.3. The number of nitrogens with zero attached hydrogens (tertiary/aromatic N) is 6. The summed E-state index contributed by atoms with van der Waals surface area (Å²) < 4.78 is 4.57. The molecule has 0 spiro atoms. The molecule has 1 aliphatic rings. The van der Waals surface area contributed by atoms with Crippen molar-refractivity contribution < 1.29 is 5.11 Å². The first-order valence-electron chi connectivity index (χ1n) is 8.21. The van der Waals surface area contributed by atoms with Gasteiger partial charge in [-0.1, -0.05) is 30.0 Å². The van der Waals surface area contributed by atoms with Crippen molar-refractivity contribution in [2.75, 3.05) is 5.75 Å². The number of thioether (sulfide) groups is 1. The first-order chi connectivity index (χ1) is 13.0. The maximum absolute atomic E-state index is 12.8. The smallest absolute Gasteiger partial charge is 0.299 e. The summed E-state index contributed by atoms with van der Waals surface area (Å²) in [6.45, 7) is 2.24. The maximum atomic E-state index is 12.8. The zero-order valence-electron chi connectivity index (χ0n) is 15.1. The minimum absolute atomic E-state index is 0. The lowest BCUT2D eigenvalue weighted by Crippen LogP contribution is -2.20. The molecule has 9 nitrogen and oxygen atoms in total. The van der Waals surface area contributed by atoms with Gasteiger partial charge >= 0.3 is 0 Å². The highest BCUT2D eigenvalue weighted by Gasteiger charge is 2.21. The Bertz CT molecular complexity index is 1180. The van der Waals surface area contributed by atoms with E-state index in [1.807, 2.05) is 30.3 Å². The van der Waals surface area contributed by atoms with Crippen molar-refractivity contribution >= 4 is 35.5 Å². The monoisotopic (exact) mass is 420 g/mol. The SMILES string of the molecule is Cc1c(N=Nc2c(O)nc3n(c2=O)CCS3)c(=O)n(-c2ccccc2)n1C.Cl. The van der Waals surface area contributed by atoms with E-state index in [-0.39, 0.29) is 29.3 Å². The van der Waals surface area contributed by atoms with Crippen molar-refractivity contribution in [2.45, 2.75) is 18.6 Å². The van der Waals surface area contributed by atoms with E-state index in [9.17, 15) is 14.7 Å². The van der Waals surface area contributed by atoms with Crippen LogP contribution in [0.25, 0.3) is 5.69 Å². The molecule has 1 aromatic carbocycles. The molecule has 0 saturated carbocycles. The molecule has 4 rings (SSSR count). The lowest BCUT2D eigenvalue weighted by molar-refractivity contribution is 0.438. The van der Waals surface area contributed by atoms with Crippen molar-refractivity contribution in [2.24, 2.45) is 17.3 Å². The van der Waals surface area contributed by atoms with Gasteiger partial charge in [0.25, 0.3) is 11.1 Å². The zero-order valence-corrected chi connectivity index (χ0v) is 16.7. The number of halogens is 1. The van der Waals surface area contributed by atoms with E-state index >= 15 is 0 Å². The predicted octanol–water partition coefficient (Wildman–Crippen LogP) is 2.69. The largest absolute Gasteiger partial charge is 0.491 e. The van der Waals surface area contributed by atoms with Crippen molar-refractivity contribution in [3.8, 4) is 11.6 Å². The van der Waals surface area contributed by atoms with Crippen LogP contribution in [0.15, 0.2) is 55.3 Å². The van der Waals surface area contributed by atoms with Crippen LogP contribution in [0.5, 0.6) is 5.88 Å². The van der Waals surface area contributed by atoms with Crippen LogP contribution in [0.1, 0.15) is 5.69 Å². The number of azo groups is 1. The van der Waals surface area contributed by atoms with Crippen LogP contribution in [0.3, 0.4) is 0 Å². The van der Waals surface area contributed by atoms with Gasteiger partial charge in [0.15, 0.2) is 10.8 Å². The summed E-state index contributed by atoms with van der Waals surface area (Å²) in [6, 6.07) is 9.14. The highest BCUT2D eigenvalue weighted by Crippen LogP contribution is 2.29. The molecule has 0 amide bonds. The fourth-order valence-electron chi connectivity index (χ4n) is 2.91. The second-order valence-electron chi connectivity index (χ2n) is 5.98. The van der Waals surface area contributed by atoms with E-state index < -0.39 is 11.4 Å². The fraction of sp³-hybridized carbons (Fsp3) is 0.235. The van der Waals surface area contributed by atoms with E-state index in [0.717, 1.165) is 0 Å². The number of rotatable bonds is 3. The third-order valence-electron chi connectivity index (χ3n) is 4.41. The average molecular weight is 421 g/mol. The van der Waals surface area contributed by atoms with Crippen molar-refractivity contribution in [1.82, 2.24) is 18.9 Å². The zero-order chi connectivity index (χ0) is 19.1. The highest BCUT2D eigenvalue weighted by atomic mass is 35.5. The Morgan fingerprint density at radius 1 is 1.11 bits per heavy atom. The Balaban J connectivity index is 0.00000225. The lowest BCUT2D eigenvalue weighted by Gasteiger charge is -2.07. The van der Waals surface area contributed by atoms with Gasteiger partial charge in [0.1, 0.15) is 0 Å². The van der Waals surface area contributed by atoms with Gasteiger partial charge in [-0.05, 0) is 19.1 Å². The van der Waals surface area contributed by atoms with Crippen LogP contribution in [-0.4, -0.2) is 29.8 Å². The molecule has 0 unspecified atom stereocenters. The molecule has 0 saturated heterocycles. The molecule has 0 bridgehead atoms. The summed E-state index contributed by atoms with van der Waals surface area (Å²) in [6.07, 6.45) is 0. The van der Waals surface area contributed by atoms with E-state index in [1.54, 1.807) is 18.7 Å². The number of aromatic nitrogens is 4. The van der Waals surface area contributed by atoms with Crippen LogP contribution in [0.4, 0.5) is 11.4 Å². The molecular weight excluding hydrogens is 404 g/mol. The summed E-state index contributed by atoms with van der Waals surface area (Å²) in [5.41, 5.74) is 0.262. The first kappa shape index (κ1) is 19.9.